The van der Waals surface area contributed by atoms with E-state index in [2.05, 4.69) is 45.7 Å². The van der Waals surface area contributed by atoms with E-state index < -0.39 is 0 Å². The Morgan fingerprint density at radius 3 is 2.38 bits per heavy atom. The second kappa shape index (κ2) is 4.57. The van der Waals surface area contributed by atoms with Crippen molar-refractivity contribution in [3.63, 3.8) is 0 Å². The highest BCUT2D eigenvalue weighted by Gasteiger charge is 1.94. The molecular weight excluding hydrogens is 232 g/mol. The highest BCUT2D eigenvalue weighted by atomic mass is 79.9. The van der Waals surface area contributed by atoms with Crippen molar-refractivity contribution in [2.45, 2.75) is 25.1 Å². The van der Waals surface area contributed by atoms with Crippen LogP contribution in [-0.2, 0) is 0 Å². The molecule has 0 aromatic heterocycles. The lowest BCUT2D eigenvalue weighted by atomic mass is 10.2. The summed E-state index contributed by atoms with van der Waals surface area (Å²) in [5.41, 5.74) is 1.37. The number of alkyl halides is 1. The Morgan fingerprint density at radius 2 is 2.25 bits per heavy atom. The molecule has 0 aromatic rings. The highest BCUT2D eigenvalue weighted by molar-refractivity contribution is 9.11. The van der Waals surface area contributed by atoms with Crippen LogP contribution in [0.1, 0.15) is 20.3 Å². The average molecular weight is 242 g/mol. The largest absolute Gasteiger partial charge is 0.0890 e. The van der Waals surface area contributed by atoms with Gasteiger partial charge in [-0.05, 0) is 18.3 Å². The fourth-order valence-electron chi connectivity index (χ4n) is 0.488. The van der Waals surface area contributed by atoms with Crippen LogP contribution in [0, 0.1) is 0 Å². The average Bonchev–Trinajstić information content (AvgIpc) is 1.65. The van der Waals surface area contributed by atoms with Crippen LogP contribution in [0.4, 0.5) is 0 Å². The van der Waals surface area contributed by atoms with Gasteiger partial charge in [0.05, 0.1) is 0 Å². The van der Waals surface area contributed by atoms with Gasteiger partial charge in [-0.2, -0.15) is 0 Å². The van der Waals surface area contributed by atoms with Crippen molar-refractivity contribution in [3.05, 3.63) is 10.6 Å². The van der Waals surface area contributed by atoms with Crippen LogP contribution < -0.4 is 0 Å². The number of allylic oxidation sites excluding steroid dienone is 1. The van der Waals surface area contributed by atoms with Crippen LogP contribution in [0.5, 0.6) is 0 Å². The maximum atomic E-state index is 3.45. The zero-order chi connectivity index (χ0) is 6.57. The lowest BCUT2D eigenvalue weighted by Crippen LogP contribution is -1.88. The maximum absolute atomic E-state index is 3.45. The number of rotatable bonds is 2. The quantitative estimate of drug-likeness (QED) is 0.650. The SMILES string of the molecule is CC(=CBr)CC(C)Br. The summed E-state index contributed by atoms with van der Waals surface area (Å²) in [6.07, 6.45) is 1.12. The Labute approximate surface area is 67.6 Å². The van der Waals surface area contributed by atoms with Crippen LogP contribution in [0.25, 0.3) is 0 Å². The van der Waals surface area contributed by atoms with E-state index in [1.165, 1.54) is 5.57 Å². The summed E-state index contributed by atoms with van der Waals surface area (Å²) < 4.78 is 0. The minimum absolute atomic E-state index is 0.594. The third-order valence-electron chi connectivity index (χ3n) is 0.790. The summed E-state index contributed by atoms with van der Waals surface area (Å²) in [6, 6.07) is 0. The third kappa shape index (κ3) is 4.85. The molecule has 0 saturated heterocycles. The first-order valence-electron chi connectivity index (χ1n) is 2.56. The van der Waals surface area contributed by atoms with E-state index in [4.69, 9.17) is 0 Å². The molecule has 0 aliphatic rings. The van der Waals surface area contributed by atoms with Crippen LogP contribution in [0.15, 0.2) is 10.6 Å². The van der Waals surface area contributed by atoms with E-state index in [9.17, 15) is 0 Å². The Balaban J connectivity index is 3.39. The van der Waals surface area contributed by atoms with E-state index >= 15 is 0 Å². The molecule has 0 aliphatic heterocycles. The zero-order valence-electron chi connectivity index (χ0n) is 5.12. The van der Waals surface area contributed by atoms with Crippen LogP contribution in [0.3, 0.4) is 0 Å². The summed E-state index contributed by atoms with van der Waals surface area (Å²) in [6.45, 7) is 4.24. The fourth-order valence-corrected chi connectivity index (χ4v) is 1.19. The minimum atomic E-state index is 0.594. The van der Waals surface area contributed by atoms with Crippen molar-refractivity contribution in [3.8, 4) is 0 Å². The van der Waals surface area contributed by atoms with Crippen molar-refractivity contribution >= 4 is 31.9 Å². The second-order valence-electron chi connectivity index (χ2n) is 1.94. The van der Waals surface area contributed by atoms with E-state index in [1.807, 2.05) is 4.99 Å². The van der Waals surface area contributed by atoms with Crippen LogP contribution in [0.2, 0.25) is 0 Å². The van der Waals surface area contributed by atoms with Crippen LogP contribution >= 0.6 is 31.9 Å². The van der Waals surface area contributed by atoms with Crippen molar-refractivity contribution in [1.82, 2.24) is 0 Å². The van der Waals surface area contributed by atoms with Gasteiger partial charge in [0.1, 0.15) is 0 Å². The third-order valence-corrected chi connectivity index (χ3v) is 1.89. The predicted molar refractivity (Wildman–Crippen MR) is 45.7 cm³/mol. The summed E-state index contributed by atoms with van der Waals surface area (Å²) in [7, 11) is 0. The van der Waals surface area contributed by atoms with Gasteiger partial charge in [-0.3, -0.25) is 0 Å². The number of hydrogen-bond acceptors (Lipinski definition) is 0. The normalized spacial score (nSPS) is 16.2. The van der Waals surface area contributed by atoms with E-state index in [-0.39, 0.29) is 0 Å². The van der Waals surface area contributed by atoms with Gasteiger partial charge in [0.2, 0.25) is 0 Å². The minimum Gasteiger partial charge on any atom is -0.0890 e. The predicted octanol–water partition coefficient (Wildman–Crippen LogP) is 3.46. The van der Waals surface area contributed by atoms with E-state index in [1.54, 1.807) is 0 Å². The molecule has 8 heavy (non-hydrogen) atoms. The number of hydrogen-bond donors (Lipinski definition) is 0. The molecule has 0 fully saturated rings. The summed E-state index contributed by atoms with van der Waals surface area (Å²) >= 11 is 6.71. The molecule has 1 atom stereocenters. The molecule has 0 aromatic carbocycles. The fraction of sp³-hybridized carbons (Fsp3) is 0.667. The van der Waals surface area contributed by atoms with Crippen molar-refractivity contribution in [1.29, 1.82) is 0 Å². The molecule has 0 N–H and O–H groups in total. The van der Waals surface area contributed by atoms with Gasteiger partial charge < -0.3 is 0 Å². The Kier molecular flexibility index (Phi) is 4.97. The molecule has 1 unspecified atom stereocenters. The smallest absolute Gasteiger partial charge is 0.0154 e. The summed E-state index contributed by atoms with van der Waals surface area (Å²) in [5.74, 6) is 0. The molecule has 2 heteroatoms. The molecule has 0 bridgehead atoms. The summed E-state index contributed by atoms with van der Waals surface area (Å²) in [5, 5.41) is 0. The molecular formula is C6H10Br2. The molecule has 48 valence electrons. The molecule has 0 rings (SSSR count). The first kappa shape index (κ1) is 8.70. The van der Waals surface area contributed by atoms with E-state index in [0.29, 0.717) is 4.83 Å². The molecule has 0 aliphatic carbocycles. The van der Waals surface area contributed by atoms with Gasteiger partial charge >= 0.3 is 0 Å². The Bertz CT molecular complexity index is 84.5. The monoisotopic (exact) mass is 240 g/mol. The van der Waals surface area contributed by atoms with Crippen molar-refractivity contribution < 1.29 is 0 Å². The highest BCUT2D eigenvalue weighted by Crippen LogP contribution is 2.11. The maximum Gasteiger partial charge on any atom is 0.0154 e. The van der Waals surface area contributed by atoms with Gasteiger partial charge in [0.15, 0.2) is 0 Å². The Morgan fingerprint density at radius 1 is 1.75 bits per heavy atom. The topological polar surface area (TPSA) is 0 Å². The molecule has 0 nitrogen and oxygen atoms in total. The first-order chi connectivity index (χ1) is 3.66. The lowest BCUT2D eigenvalue weighted by molar-refractivity contribution is 0.944. The van der Waals surface area contributed by atoms with Gasteiger partial charge in [0.25, 0.3) is 0 Å². The molecule has 0 radical (unpaired) electrons. The lowest BCUT2D eigenvalue weighted by Gasteiger charge is -1.99. The molecule has 0 saturated carbocycles. The first-order valence-corrected chi connectivity index (χ1v) is 4.40. The van der Waals surface area contributed by atoms with Crippen molar-refractivity contribution in [2.75, 3.05) is 0 Å². The van der Waals surface area contributed by atoms with Gasteiger partial charge in [0, 0.05) is 4.83 Å². The van der Waals surface area contributed by atoms with Gasteiger partial charge in [-0.15, -0.1) is 0 Å². The zero-order valence-corrected chi connectivity index (χ0v) is 8.29. The summed E-state index contributed by atoms with van der Waals surface area (Å²) in [4.78, 5) is 2.56. The Hall–Kier alpha value is 0.700. The molecule has 0 heterocycles. The number of halogens is 2. The van der Waals surface area contributed by atoms with Crippen molar-refractivity contribution in [2.24, 2.45) is 0 Å². The molecule has 0 spiro atoms. The standard InChI is InChI=1S/C6H10Br2/c1-5(4-7)3-6(2)8/h4,6H,3H2,1-2H3. The van der Waals surface area contributed by atoms with Gasteiger partial charge in [-0.25, -0.2) is 0 Å². The second-order valence-corrected chi connectivity index (χ2v) is 3.96. The van der Waals surface area contributed by atoms with Crippen LogP contribution in [-0.4, -0.2) is 4.83 Å². The van der Waals surface area contributed by atoms with E-state index in [0.717, 1.165) is 6.42 Å². The van der Waals surface area contributed by atoms with Gasteiger partial charge in [-0.1, -0.05) is 44.4 Å². The molecule has 0 amide bonds.